The van der Waals surface area contributed by atoms with E-state index < -0.39 is 5.82 Å². The molecule has 0 saturated carbocycles. The van der Waals surface area contributed by atoms with Crippen LogP contribution in [0.25, 0.3) is 16.6 Å². The van der Waals surface area contributed by atoms with Gasteiger partial charge < -0.3 is 19.9 Å². The molecular formula is C25H32FN5O. The van der Waals surface area contributed by atoms with Gasteiger partial charge in [-0.15, -0.1) is 0 Å². The molecule has 2 aromatic heterocycles. The number of anilines is 1. The summed E-state index contributed by atoms with van der Waals surface area (Å²) in [6.45, 7) is 10.2. The number of rotatable bonds is 5. The Morgan fingerprint density at radius 1 is 1.25 bits per heavy atom. The zero-order valence-electron chi connectivity index (χ0n) is 19.3. The number of amides is 1. The van der Waals surface area contributed by atoms with Gasteiger partial charge in [0.15, 0.2) is 0 Å². The molecule has 3 aromatic rings. The lowest BCUT2D eigenvalue weighted by atomic mass is 9.97. The number of aryl methyl sites for hydroxylation is 1. The van der Waals surface area contributed by atoms with Crippen LogP contribution in [0.2, 0.25) is 0 Å². The second-order valence-corrected chi connectivity index (χ2v) is 8.87. The van der Waals surface area contributed by atoms with E-state index >= 15 is 0 Å². The topological polar surface area (TPSA) is 66.9 Å². The fourth-order valence-electron chi connectivity index (χ4n) is 4.58. The number of fused-ring (bicyclic) bond motifs is 1. The Morgan fingerprint density at radius 3 is 2.62 bits per heavy atom. The first-order valence-corrected chi connectivity index (χ1v) is 11.4. The number of carbonyl (C=O) groups is 1. The highest BCUT2D eigenvalue weighted by Gasteiger charge is 2.24. The van der Waals surface area contributed by atoms with Crippen LogP contribution in [0, 0.1) is 12.7 Å². The van der Waals surface area contributed by atoms with E-state index in [0.717, 1.165) is 54.1 Å². The van der Waals surface area contributed by atoms with Gasteiger partial charge >= 0.3 is 0 Å². The third kappa shape index (κ3) is 4.09. The van der Waals surface area contributed by atoms with Gasteiger partial charge in [-0.1, -0.05) is 6.07 Å². The summed E-state index contributed by atoms with van der Waals surface area (Å²) in [6.07, 6.45) is 5.79. The fourth-order valence-corrected chi connectivity index (χ4v) is 4.58. The van der Waals surface area contributed by atoms with Crippen molar-refractivity contribution >= 4 is 17.1 Å². The van der Waals surface area contributed by atoms with E-state index in [1.807, 2.05) is 33.9 Å². The van der Waals surface area contributed by atoms with Crippen molar-refractivity contribution in [1.29, 1.82) is 0 Å². The summed E-state index contributed by atoms with van der Waals surface area (Å²) in [4.78, 5) is 22.0. The van der Waals surface area contributed by atoms with Crippen molar-refractivity contribution in [2.45, 2.75) is 52.6 Å². The number of piperidine rings is 1. The predicted molar refractivity (Wildman–Crippen MR) is 127 cm³/mol. The lowest BCUT2D eigenvalue weighted by Gasteiger charge is -2.32. The van der Waals surface area contributed by atoms with Crippen molar-refractivity contribution in [2.75, 3.05) is 24.5 Å². The average Bonchev–Trinajstić information content (AvgIpc) is 3.14. The Morgan fingerprint density at radius 2 is 1.97 bits per heavy atom. The van der Waals surface area contributed by atoms with Crippen LogP contribution in [0.5, 0.6) is 0 Å². The van der Waals surface area contributed by atoms with Gasteiger partial charge in [-0.25, -0.2) is 9.37 Å². The standard InChI is InChI=1S/C25H32FN5O/c1-5-30(16(2)3)25(32)23-12-18(26)6-7-21(23)22-13-20(29-10-8-19(27)9-11-29)15-31-17(4)28-14-24(22)31/h6-7,12-16,19H,5,8-11,27H2,1-4H3. The number of halogens is 1. The number of benzene rings is 1. The van der Waals surface area contributed by atoms with Gasteiger partial charge in [0.05, 0.1) is 23.0 Å². The molecule has 1 fully saturated rings. The Kier molecular flexibility index (Phi) is 6.20. The van der Waals surface area contributed by atoms with Crippen LogP contribution in [0.3, 0.4) is 0 Å². The van der Waals surface area contributed by atoms with Gasteiger partial charge in [0.1, 0.15) is 11.6 Å². The van der Waals surface area contributed by atoms with E-state index in [2.05, 4.69) is 26.5 Å². The minimum absolute atomic E-state index is 0.0183. The molecule has 0 unspecified atom stereocenters. The van der Waals surface area contributed by atoms with E-state index in [4.69, 9.17) is 5.73 Å². The highest BCUT2D eigenvalue weighted by atomic mass is 19.1. The normalized spacial score (nSPS) is 15.0. The number of nitrogens with two attached hydrogens (primary N) is 1. The zero-order chi connectivity index (χ0) is 23.0. The van der Waals surface area contributed by atoms with Crippen molar-refractivity contribution in [2.24, 2.45) is 5.73 Å². The minimum Gasteiger partial charge on any atom is -0.370 e. The molecule has 1 aromatic carbocycles. The van der Waals surface area contributed by atoms with Gasteiger partial charge in [-0.05, 0) is 64.3 Å². The van der Waals surface area contributed by atoms with Gasteiger partial charge in [0.25, 0.3) is 5.91 Å². The summed E-state index contributed by atoms with van der Waals surface area (Å²) in [5.41, 5.74) is 10.0. The lowest BCUT2D eigenvalue weighted by molar-refractivity contribution is 0.0717. The summed E-state index contributed by atoms with van der Waals surface area (Å²) in [6, 6.07) is 6.85. The molecule has 0 radical (unpaired) electrons. The third-order valence-electron chi connectivity index (χ3n) is 6.44. The van der Waals surface area contributed by atoms with E-state index in [1.165, 1.54) is 12.1 Å². The number of aromatic nitrogens is 2. The second-order valence-electron chi connectivity index (χ2n) is 8.87. The first-order valence-electron chi connectivity index (χ1n) is 11.4. The summed E-state index contributed by atoms with van der Waals surface area (Å²) in [5, 5.41) is 0. The number of pyridine rings is 1. The molecule has 0 atom stereocenters. The molecule has 0 spiro atoms. The predicted octanol–water partition coefficient (Wildman–Crippen LogP) is 4.25. The van der Waals surface area contributed by atoms with Gasteiger partial charge in [-0.2, -0.15) is 0 Å². The second kappa shape index (κ2) is 8.90. The number of nitrogens with zero attached hydrogens (tertiary/aromatic N) is 4. The Bertz CT molecular complexity index is 1130. The molecule has 1 aliphatic rings. The van der Waals surface area contributed by atoms with E-state index in [9.17, 15) is 9.18 Å². The first-order chi connectivity index (χ1) is 15.3. The molecule has 6 nitrogen and oxygen atoms in total. The van der Waals surface area contributed by atoms with Crippen LogP contribution < -0.4 is 10.6 Å². The molecule has 3 heterocycles. The Hall–Kier alpha value is -2.93. The molecule has 2 N–H and O–H groups in total. The average molecular weight is 438 g/mol. The van der Waals surface area contributed by atoms with Crippen LogP contribution >= 0.6 is 0 Å². The third-order valence-corrected chi connectivity index (χ3v) is 6.44. The van der Waals surface area contributed by atoms with Crippen molar-refractivity contribution < 1.29 is 9.18 Å². The molecule has 4 rings (SSSR count). The molecule has 0 bridgehead atoms. The Labute approximate surface area is 188 Å². The van der Waals surface area contributed by atoms with Gasteiger partial charge in [0, 0.05) is 43.5 Å². The van der Waals surface area contributed by atoms with E-state index in [1.54, 1.807) is 11.0 Å². The highest BCUT2D eigenvalue weighted by Crippen LogP contribution is 2.34. The summed E-state index contributed by atoms with van der Waals surface area (Å²) < 4.78 is 16.4. The molecular weight excluding hydrogens is 405 g/mol. The number of carbonyl (C=O) groups excluding carboxylic acids is 1. The number of hydrogen-bond acceptors (Lipinski definition) is 4. The van der Waals surface area contributed by atoms with Crippen molar-refractivity contribution in [1.82, 2.24) is 14.3 Å². The van der Waals surface area contributed by atoms with Gasteiger partial charge in [0.2, 0.25) is 0 Å². The van der Waals surface area contributed by atoms with Crippen molar-refractivity contribution in [3.63, 3.8) is 0 Å². The number of hydrogen-bond donors (Lipinski definition) is 1. The molecule has 0 aliphatic carbocycles. The maximum Gasteiger partial charge on any atom is 0.254 e. The zero-order valence-corrected chi connectivity index (χ0v) is 19.3. The number of imidazole rings is 1. The lowest BCUT2D eigenvalue weighted by Crippen LogP contribution is -2.39. The van der Waals surface area contributed by atoms with Crippen molar-refractivity contribution in [3.05, 3.63) is 53.9 Å². The van der Waals surface area contributed by atoms with Crippen LogP contribution in [-0.4, -0.2) is 51.9 Å². The SMILES string of the molecule is CCN(C(=O)c1cc(F)ccc1-c1cc(N2CCC(N)CC2)cn2c(C)ncc12)C(C)C. The molecule has 1 saturated heterocycles. The van der Waals surface area contributed by atoms with E-state index in [-0.39, 0.29) is 18.0 Å². The van der Waals surface area contributed by atoms with E-state index in [0.29, 0.717) is 12.1 Å². The maximum atomic E-state index is 14.3. The molecule has 170 valence electrons. The summed E-state index contributed by atoms with van der Waals surface area (Å²) >= 11 is 0. The monoisotopic (exact) mass is 437 g/mol. The van der Waals surface area contributed by atoms with Crippen LogP contribution in [0.15, 0.2) is 36.7 Å². The molecule has 1 amide bonds. The molecule has 1 aliphatic heterocycles. The molecule has 32 heavy (non-hydrogen) atoms. The highest BCUT2D eigenvalue weighted by molar-refractivity contribution is 6.03. The summed E-state index contributed by atoms with van der Waals surface area (Å²) in [7, 11) is 0. The van der Waals surface area contributed by atoms with Crippen molar-refractivity contribution in [3.8, 4) is 11.1 Å². The largest absolute Gasteiger partial charge is 0.370 e. The van der Waals surface area contributed by atoms with Crippen LogP contribution in [0.1, 0.15) is 49.8 Å². The fraction of sp³-hybridized carbons (Fsp3) is 0.440. The smallest absolute Gasteiger partial charge is 0.254 e. The van der Waals surface area contributed by atoms with Crippen LogP contribution in [0.4, 0.5) is 10.1 Å². The van der Waals surface area contributed by atoms with Gasteiger partial charge in [-0.3, -0.25) is 4.79 Å². The first kappa shape index (κ1) is 22.3. The summed E-state index contributed by atoms with van der Waals surface area (Å²) in [5.74, 6) is 0.281. The van der Waals surface area contributed by atoms with Crippen LogP contribution in [-0.2, 0) is 0 Å². The Balaban J connectivity index is 1.89. The maximum absolute atomic E-state index is 14.3. The minimum atomic E-state index is -0.418. The molecule has 7 heteroatoms. The quantitative estimate of drug-likeness (QED) is 0.648.